The zero-order valence-corrected chi connectivity index (χ0v) is 11.0. The van der Waals surface area contributed by atoms with Crippen LogP contribution in [0.4, 0.5) is 17.1 Å². The summed E-state index contributed by atoms with van der Waals surface area (Å²) in [4.78, 5) is 0. The average Bonchev–Trinajstić information content (AvgIpc) is 2.68. The van der Waals surface area contributed by atoms with Crippen molar-refractivity contribution in [3.63, 3.8) is 0 Å². The van der Waals surface area contributed by atoms with Gasteiger partial charge < -0.3 is 4.74 Å². The Balaban J connectivity index is 2.12. The first kappa shape index (κ1) is 11.9. The Kier molecular flexibility index (Phi) is 2.60. The molecule has 0 unspecified atom stereocenters. The van der Waals surface area contributed by atoms with Crippen molar-refractivity contribution in [1.29, 1.82) is 0 Å². The Morgan fingerprint density at radius 2 is 1.74 bits per heavy atom. The normalized spacial score (nSPS) is 15.7. The van der Waals surface area contributed by atoms with Gasteiger partial charge in [-0.1, -0.05) is 12.1 Å². The number of methoxy groups -OCH3 is 1. The van der Waals surface area contributed by atoms with E-state index in [0.29, 0.717) is 22.8 Å². The third-order valence-electron chi connectivity index (χ3n) is 2.91. The molecular formula is C13H12N2O3S. The van der Waals surface area contributed by atoms with E-state index in [1.807, 2.05) is 0 Å². The number of para-hydroxylation sites is 2. The smallest absolute Gasteiger partial charge is 0.328 e. The standard InChI is InChI=1S/C13H12N2O3S/c1-18-11-8-6-10(7-9-11)15-13-5-3-2-4-12(13)14-19(15,16)17/h2-9,14H,1H3. The molecule has 0 spiro atoms. The van der Waals surface area contributed by atoms with Gasteiger partial charge >= 0.3 is 10.2 Å². The lowest BCUT2D eigenvalue weighted by Crippen LogP contribution is -2.25. The number of rotatable bonds is 2. The van der Waals surface area contributed by atoms with Crippen LogP contribution in [0.5, 0.6) is 5.75 Å². The third kappa shape index (κ3) is 1.90. The minimum atomic E-state index is -3.58. The van der Waals surface area contributed by atoms with Crippen molar-refractivity contribution in [1.82, 2.24) is 0 Å². The molecule has 0 atom stereocenters. The molecule has 0 saturated heterocycles. The summed E-state index contributed by atoms with van der Waals surface area (Å²) in [6, 6.07) is 14.0. The van der Waals surface area contributed by atoms with Crippen molar-refractivity contribution in [2.24, 2.45) is 0 Å². The molecule has 0 amide bonds. The van der Waals surface area contributed by atoms with Crippen molar-refractivity contribution in [3.8, 4) is 5.75 Å². The number of anilines is 3. The lowest BCUT2D eigenvalue weighted by atomic mass is 10.2. The molecule has 1 aliphatic rings. The monoisotopic (exact) mass is 276 g/mol. The van der Waals surface area contributed by atoms with Crippen LogP contribution < -0.4 is 13.8 Å². The van der Waals surface area contributed by atoms with Crippen LogP contribution in [0.15, 0.2) is 48.5 Å². The van der Waals surface area contributed by atoms with Crippen LogP contribution in [0.1, 0.15) is 0 Å². The highest BCUT2D eigenvalue weighted by Gasteiger charge is 2.33. The van der Waals surface area contributed by atoms with Gasteiger partial charge in [-0.15, -0.1) is 0 Å². The maximum absolute atomic E-state index is 12.2. The molecule has 5 nitrogen and oxygen atoms in total. The second kappa shape index (κ2) is 4.17. The number of nitrogens with zero attached hydrogens (tertiary/aromatic N) is 1. The molecule has 2 aromatic carbocycles. The van der Waals surface area contributed by atoms with E-state index in [2.05, 4.69) is 4.72 Å². The highest BCUT2D eigenvalue weighted by molar-refractivity contribution is 7.95. The molecule has 0 aromatic heterocycles. The fourth-order valence-electron chi connectivity index (χ4n) is 2.05. The SMILES string of the molecule is COc1ccc(N2c3ccccc3NS2(=O)=O)cc1. The summed E-state index contributed by atoms with van der Waals surface area (Å²) in [6.45, 7) is 0. The molecule has 1 heterocycles. The summed E-state index contributed by atoms with van der Waals surface area (Å²) in [7, 11) is -2.01. The van der Waals surface area contributed by atoms with Gasteiger partial charge in [0, 0.05) is 0 Å². The second-order valence-electron chi connectivity index (χ2n) is 4.09. The Morgan fingerprint density at radius 3 is 2.42 bits per heavy atom. The molecule has 0 aliphatic carbocycles. The quantitative estimate of drug-likeness (QED) is 0.916. The number of hydrogen-bond donors (Lipinski definition) is 1. The molecule has 0 fully saturated rings. The van der Waals surface area contributed by atoms with Crippen LogP contribution in [0.2, 0.25) is 0 Å². The van der Waals surface area contributed by atoms with Crippen molar-refractivity contribution in [2.45, 2.75) is 0 Å². The third-order valence-corrected chi connectivity index (χ3v) is 4.28. The second-order valence-corrected chi connectivity index (χ2v) is 5.61. The van der Waals surface area contributed by atoms with E-state index in [0.717, 1.165) is 0 Å². The number of benzene rings is 2. The molecular weight excluding hydrogens is 264 g/mol. The van der Waals surface area contributed by atoms with Gasteiger partial charge in [0.25, 0.3) is 0 Å². The largest absolute Gasteiger partial charge is 0.497 e. The Bertz CT molecular complexity index is 711. The van der Waals surface area contributed by atoms with Crippen LogP contribution in [0.25, 0.3) is 0 Å². The van der Waals surface area contributed by atoms with Gasteiger partial charge in [0.05, 0.1) is 24.2 Å². The summed E-state index contributed by atoms with van der Waals surface area (Å²) in [6.07, 6.45) is 0. The number of ether oxygens (including phenoxy) is 1. The van der Waals surface area contributed by atoms with E-state index in [9.17, 15) is 8.42 Å². The van der Waals surface area contributed by atoms with Crippen molar-refractivity contribution in [3.05, 3.63) is 48.5 Å². The predicted molar refractivity (Wildman–Crippen MR) is 74.1 cm³/mol. The molecule has 6 heteroatoms. The van der Waals surface area contributed by atoms with E-state index in [1.54, 1.807) is 55.6 Å². The summed E-state index contributed by atoms with van der Waals surface area (Å²) < 4.78 is 33.2. The molecule has 0 bridgehead atoms. The lowest BCUT2D eigenvalue weighted by molar-refractivity contribution is 0.415. The van der Waals surface area contributed by atoms with E-state index in [4.69, 9.17) is 4.74 Å². The summed E-state index contributed by atoms with van der Waals surface area (Å²) in [5.41, 5.74) is 1.77. The van der Waals surface area contributed by atoms with Crippen LogP contribution in [-0.2, 0) is 10.2 Å². The van der Waals surface area contributed by atoms with Gasteiger partial charge in [0.15, 0.2) is 0 Å². The van der Waals surface area contributed by atoms with Crippen LogP contribution in [0.3, 0.4) is 0 Å². The fourth-order valence-corrected chi connectivity index (χ4v) is 3.41. The Labute approximate surface area is 111 Å². The topological polar surface area (TPSA) is 58.6 Å². The molecule has 98 valence electrons. The van der Waals surface area contributed by atoms with Gasteiger partial charge in [-0.25, -0.2) is 4.31 Å². The summed E-state index contributed by atoms with van der Waals surface area (Å²) in [5, 5.41) is 0. The Morgan fingerprint density at radius 1 is 1.05 bits per heavy atom. The van der Waals surface area contributed by atoms with Crippen LogP contribution in [0, 0.1) is 0 Å². The average molecular weight is 276 g/mol. The number of hydrogen-bond acceptors (Lipinski definition) is 3. The van der Waals surface area contributed by atoms with E-state index in [1.165, 1.54) is 4.31 Å². The predicted octanol–water partition coefficient (Wildman–Crippen LogP) is 2.50. The minimum absolute atomic E-state index is 0.568. The van der Waals surface area contributed by atoms with Gasteiger partial charge in [0.1, 0.15) is 5.75 Å². The molecule has 0 saturated carbocycles. The minimum Gasteiger partial charge on any atom is -0.497 e. The zero-order chi connectivity index (χ0) is 13.5. The summed E-state index contributed by atoms with van der Waals surface area (Å²) in [5.74, 6) is 0.682. The maximum atomic E-state index is 12.2. The van der Waals surface area contributed by atoms with Gasteiger partial charge in [0.2, 0.25) is 0 Å². The Hall–Kier alpha value is -2.21. The van der Waals surface area contributed by atoms with Gasteiger partial charge in [-0.2, -0.15) is 8.42 Å². The van der Waals surface area contributed by atoms with Crippen LogP contribution in [-0.4, -0.2) is 15.5 Å². The molecule has 3 rings (SSSR count). The lowest BCUT2D eigenvalue weighted by Gasteiger charge is -2.17. The van der Waals surface area contributed by atoms with Crippen molar-refractivity contribution < 1.29 is 13.2 Å². The fraction of sp³-hybridized carbons (Fsp3) is 0.0769. The molecule has 1 aliphatic heterocycles. The van der Waals surface area contributed by atoms with Gasteiger partial charge in [-0.05, 0) is 36.4 Å². The maximum Gasteiger partial charge on any atom is 0.328 e. The van der Waals surface area contributed by atoms with Gasteiger partial charge in [-0.3, -0.25) is 4.72 Å². The first-order valence-electron chi connectivity index (χ1n) is 5.68. The number of fused-ring (bicyclic) bond motifs is 1. The first-order valence-corrected chi connectivity index (χ1v) is 7.12. The van der Waals surface area contributed by atoms with E-state index >= 15 is 0 Å². The van der Waals surface area contributed by atoms with Crippen LogP contribution >= 0.6 is 0 Å². The van der Waals surface area contributed by atoms with E-state index < -0.39 is 10.2 Å². The number of nitrogens with one attached hydrogen (secondary N) is 1. The molecule has 0 radical (unpaired) electrons. The summed E-state index contributed by atoms with van der Waals surface area (Å²) >= 11 is 0. The molecule has 1 N–H and O–H groups in total. The zero-order valence-electron chi connectivity index (χ0n) is 10.2. The van der Waals surface area contributed by atoms with Crippen molar-refractivity contribution >= 4 is 27.3 Å². The van der Waals surface area contributed by atoms with Crippen molar-refractivity contribution in [2.75, 3.05) is 16.1 Å². The van der Waals surface area contributed by atoms with E-state index in [-0.39, 0.29) is 0 Å². The first-order chi connectivity index (χ1) is 9.12. The molecule has 2 aromatic rings. The molecule has 19 heavy (non-hydrogen) atoms. The highest BCUT2D eigenvalue weighted by atomic mass is 32.2. The highest BCUT2D eigenvalue weighted by Crippen LogP contribution is 2.40.